The summed E-state index contributed by atoms with van der Waals surface area (Å²) >= 11 is 0. The molecule has 0 unspecified atom stereocenters. The summed E-state index contributed by atoms with van der Waals surface area (Å²) in [5.74, 6) is 0. The van der Waals surface area contributed by atoms with Gasteiger partial charge in [-0.15, -0.1) is 0 Å². The molecule has 0 spiro atoms. The molecule has 0 aromatic heterocycles. The van der Waals surface area contributed by atoms with E-state index in [1.807, 2.05) is 0 Å². The predicted octanol–water partition coefficient (Wildman–Crippen LogP) is 10.5. The third kappa shape index (κ3) is 18.3. The lowest BCUT2D eigenvalue weighted by molar-refractivity contribution is 0.114. The maximum Gasteiger partial charge on any atom is 0.0722 e. The molecule has 0 bridgehead atoms. The van der Waals surface area contributed by atoms with Crippen LogP contribution in [0.2, 0.25) is 0 Å². The van der Waals surface area contributed by atoms with Crippen molar-refractivity contribution in [2.45, 2.75) is 130 Å². The van der Waals surface area contributed by atoms with Crippen molar-refractivity contribution >= 4 is 0 Å². The summed E-state index contributed by atoms with van der Waals surface area (Å²) in [6, 6.07) is 17.4. The van der Waals surface area contributed by atoms with Gasteiger partial charge in [0, 0.05) is 13.2 Å². The van der Waals surface area contributed by atoms with Crippen molar-refractivity contribution in [3.05, 3.63) is 59.7 Å². The first-order chi connectivity index (χ1) is 21.7. The second-order valence-electron chi connectivity index (χ2n) is 13.0. The van der Waals surface area contributed by atoms with E-state index >= 15 is 0 Å². The van der Waals surface area contributed by atoms with E-state index in [0.29, 0.717) is 13.2 Å². The predicted molar refractivity (Wildman–Crippen MR) is 191 cm³/mol. The lowest BCUT2D eigenvalue weighted by Gasteiger charge is -2.17. The first kappa shape index (κ1) is 38.5. The summed E-state index contributed by atoms with van der Waals surface area (Å²) in [5, 5.41) is 0. The van der Waals surface area contributed by atoms with Gasteiger partial charge in [-0.2, -0.15) is 0 Å². The molecular weight excluding hydrogens is 540 g/mol. The van der Waals surface area contributed by atoms with Gasteiger partial charge in [0.25, 0.3) is 0 Å². The van der Waals surface area contributed by atoms with Crippen molar-refractivity contribution in [3.63, 3.8) is 0 Å². The van der Waals surface area contributed by atoms with E-state index in [4.69, 9.17) is 9.47 Å². The van der Waals surface area contributed by atoms with Gasteiger partial charge in [-0.1, -0.05) is 127 Å². The van der Waals surface area contributed by atoms with Crippen LogP contribution in [0.5, 0.6) is 0 Å². The molecule has 44 heavy (non-hydrogen) atoms. The van der Waals surface area contributed by atoms with E-state index in [2.05, 4.69) is 86.3 Å². The first-order valence-electron chi connectivity index (χ1n) is 18.3. The molecule has 250 valence electrons. The monoisotopic (exact) mass is 609 g/mol. The summed E-state index contributed by atoms with van der Waals surface area (Å²) in [6.07, 6.45) is 21.1. The highest BCUT2D eigenvalue weighted by molar-refractivity contribution is 5.70. The van der Waals surface area contributed by atoms with Crippen LogP contribution in [0.15, 0.2) is 48.5 Å². The number of nitrogens with zero attached hydrogens (tertiary/aromatic N) is 2. The normalized spacial score (nSPS) is 11.7. The molecule has 0 amide bonds. The molecule has 0 fully saturated rings. The zero-order valence-corrected chi connectivity index (χ0v) is 29.3. The molecule has 0 heterocycles. The van der Waals surface area contributed by atoms with E-state index in [9.17, 15) is 0 Å². The minimum Gasteiger partial charge on any atom is -0.377 e. The highest BCUT2D eigenvalue weighted by Crippen LogP contribution is 2.28. The second kappa shape index (κ2) is 26.5. The first-order valence-corrected chi connectivity index (χ1v) is 18.3. The van der Waals surface area contributed by atoms with Gasteiger partial charge in [-0.25, -0.2) is 0 Å². The van der Waals surface area contributed by atoms with Crippen LogP contribution < -0.4 is 0 Å². The largest absolute Gasteiger partial charge is 0.377 e. The lowest BCUT2D eigenvalue weighted by atomic mass is 9.96. The minimum absolute atomic E-state index is 0.658. The van der Waals surface area contributed by atoms with Crippen molar-refractivity contribution in [1.82, 2.24) is 9.80 Å². The number of ether oxygens (including phenoxy) is 2. The Kier molecular flexibility index (Phi) is 23.2. The minimum atomic E-state index is 0.658. The molecule has 2 aromatic rings. The zero-order chi connectivity index (χ0) is 31.5. The fraction of sp³-hybridized carbons (Fsp3) is 0.700. The Morgan fingerprint density at radius 3 is 1.18 bits per heavy atom. The highest BCUT2D eigenvalue weighted by Gasteiger charge is 2.10. The Bertz CT molecular complexity index is 858. The average molecular weight is 609 g/mol. The Hall–Kier alpha value is -1.72. The Balaban J connectivity index is 1.65. The van der Waals surface area contributed by atoms with Crippen molar-refractivity contribution in [1.29, 1.82) is 0 Å². The van der Waals surface area contributed by atoms with Crippen LogP contribution in [0.3, 0.4) is 0 Å². The van der Waals surface area contributed by atoms with E-state index < -0.39 is 0 Å². The van der Waals surface area contributed by atoms with Crippen molar-refractivity contribution in [2.75, 3.05) is 53.5 Å². The lowest BCUT2D eigenvalue weighted by Crippen LogP contribution is -2.21. The van der Waals surface area contributed by atoms with Gasteiger partial charge in [0.05, 0.1) is 13.2 Å². The van der Waals surface area contributed by atoms with Crippen molar-refractivity contribution < 1.29 is 9.47 Å². The van der Waals surface area contributed by atoms with E-state index in [0.717, 1.165) is 39.1 Å². The summed E-state index contributed by atoms with van der Waals surface area (Å²) in [6.45, 7) is 12.3. The van der Waals surface area contributed by atoms with Crippen LogP contribution in [-0.2, 0) is 22.7 Å². The van der Waals surface area contributed by atoms with Crippen LogP contribution in [0, 0.1) is 0 Å². The number of hydrogen-bond acceptors (Lipinski definition) is 4. The van der Waals surface area contributed by atoms with Gasteiger partial charge in [0.2, 0.25) is 0 Å². The summed E-state index contributed by atoms with van der Waals surface area (Å²) < 4.78 is 12.4. The van der Waals surface area contributed by atoms with Gasteiger partial charge in [-0.3, -0.25) is 0 Å². The highest BCUT2D eigenvalue weighted by atomic mass is 16.5. The SMILES string of the molecule is CCCCCCCCN(C)CCCCOCc1ccccc1-c1ccccc1COCCCCN(C)CCCCCCCC. The third-order valence-corrected chi connectivity index (χ3v) is 8.78. The van der Waals surface area contributed by atoms with Crippen LogP contribution >= 0.6 is 0 Å². The molecule has 4 heteroatoms. The number of hydrogen-bond donors (Lipinski definition) is 0. The van der Waals surface area contributed by atoms with Crippen LogP contribution in [0.1, 0.15) is 128 Å². The Morgan fingerprint density at radius 2 is 0.773 bits per heavy atom. The number of rotatable bonds is 29. The molecule has 0 radical (unpaired) electrons. The summed E-state index contributed by atoms with van der Waals surface area (Å²) in [5.41, 5.74) is 5.05. The molecule has 2 rings (SSSR count). The fourth-order valence-corrected chi connectivity index (χ4v) is 5.90. The maximum atomic E-state index is 6.18. The molecular formula is C40H68N2O2. The molecule has 0 aliphatic heterocycles. The molecule has 2 aromatic carbocycles. The smallest absolute Gasteiger partial charge is 0.0722 e. The molecule has 0 aliphatic carbocycles. The standard InChI is InChI=1S/C40H68N2O2/c1-5-7-9-11-13-19-29-41(3)31-21-23-33-43-35-37-25-15-17-27-39(37)40-28-18-16-26-38(40)36-44-34-24-22-32-42(4)30-20-14-12-10-8-6-2/h15-18,25-28H,5-14,19-24,29-36H2,1-4H3. The molecule has 0 N–H and O–H groups in total. The zero-order valence-electron chi connectivity index (χ0n) is 29.3. The van der Waals surface area contributed by atoms with Crippen LogP contribution in [0.4, 0.5) is 0 Å². The molecule has 0 atom stereocenters. The average Bonchev–Trinajstić information content (AvgIpc) is 3.04. The van der Waals surface area contributed by atoms with Crippen molar-refractivity contribution in [2.24, 2.45) is 0 Å². The van der Waals surface area contributed by atoms with E-state index in [1.54, 1.807) is 0 Å². The summed E-state index contributed by atoms with van der Waals surface area (Å²) in [4.78, 5) is 4.98. The number of benzene rings is 2. The Labute approximate surface area is 272 Å². The van der Waals surface area contributed by atoms with E-state index in [-0.39, 0.29) is 0 Å². The molecule has 0 saturated carbocycles. The van der Waals surface area contributed by atoms with Gasteiger partial charge in [0.1, 0.15) is 0 Å². The number of unbranched alkanes of at least 4 members (excludes halogenated alkanes) is 12. The van der Waals surface area contributed by atoms with Gasteiger partial charge in [-0.05, 0) is 101 Å². The topological polar surface area (TPSA) is 24.9 Å². The molecule has 4 nitrogen and oxygen atoms in total. The summed E-state index contributed by atoms with van der Waals surface area (Å²) in [7, 11) is 4.53. The van der Waals surface area contributed by atoms with Gasteiger partial charge in [0.15, 0.2) is 0 Å². The third-order valence-electron chi connectivity index (χ3n) is 8.78. The molecule has 0 aliphatic rings. The fourth-order valence-electron chi connectivity index (χ4n) is 5.90. The quantitative estimate of drug-likeness (QED) is 0.0858. The van der Waals surface area contributed by atoms with E-state index in [1.165, 1.54) is 125 Å². The van der Waals surface area contributed by atoms with Gasteiger partial charge < -0.3 is 19.3 Å². The maximum absolute atomic E-state index is 6.18. The Morgan fingerprint density at radius 1 is 0.432 bits per heavy atom. The second-order valence-corrected chi connectivity index (χ2v) is 13.0. The van der Waals surface area contributed by atoms with Crippen LogP contribution in [0.25, 0.3) is 11.1 Å². The molecule has 0 saturated heterocycles. The van der Waals surface area contributed by atoms with Crippen molar-refractivity contribution in [3.8, 4) is 11.1 Å². The van der Waals surface area contributed by atoms with Crippen LogP contribution in [-0.4, -0.2) is 63.3 Å². The van der Waals surface area contributed by atoms with Gasteiger partial charge >= 0.3 is 0 Å².